The number of methoxy groups -OCH3 is 1. The van der Waals surface area contributed by atoms with Crippen molar-refractivity contribution in [1.29, 1.82) is 0 Å². The first-order valence-electron chi connectivity index (χ1n) is 8.03. The van der Waals surface area contributed by atoms with Gasteiger partial charge >= 0.3 is 6.09 Å². The van der Waals surface area contributed by atoms with Crippen LogP contribution in [0, 0.1) is 11.6 Å². The molecule has 0 saturated carbocycles. The third kappa shape index (κ3) is 5.67. The van der Waals surface area contributed by atoms with Crippen molar-refractivity contribution >= 4 is 23.4 Å². The lowest BCUT2D eigenvalue weighted by Gasteiger charge is -2.20. The lowest BCUT2D eigenvalue weighted by atomic mass is 10.2. The molecule has 0 atom stereocenters. The molecule has 0 heterocycles. The second kappa shape index (κ2) is 8.03. The molecule has 0 aliphatic rings. The van der Waals surface area contributed by atoms with E-state index in [2.05, 4.69) is 10.6 Å². The summed E-state index contributed by atoms with van der Waals surface area (Å²) in [4.78, 5) is 24.2. The van der Waals surface area contributed by atoms with Gasteiger partial charge in [0, 0.05) is 5.69 Å². The van der Waals surface area contributed by atoms with Gasteiger partial charge < -0.3 is 14.8 Å². The minimum Gasteiger partial charge on any atom is -0.495 e. The van der Waals surface area contributed by atoms with Crippen LogP contribution < -0.4 is 15.4 Å². The first-order chi connectivity index (χ1) is 12.6. The van der Waals surface area contributed by atoms with Crippen LogP contribution in [0.15, 0.2) is 36.4 Å². The van der Waals surface area contributed by atoms with E-state index in [0.717, 1.165) is 18.2 Å². The summed E-state index contributed by atoms with van der Waals surface area (Å²) in [5.74, 6) is -2.09. The molecule has 2 amide bonds. The predicted octanol–water partition coefficient (Wildman–Crippen LogP) is 4.57. The first-order valence-corrected chi connectivity index (χ1v) is 8.03. The Morgan fingerprint density at radius 3 is 2.33 bits per heavy atom. The van der Waals surface area contributed by atoms with Crippen LogP contribution in [0.25, 0.3) is 0 Å². The lowest BCUT2D eigenvalue weighted by Crippen LogP contribution is -2.27. The van der Waals surface area contributed by atoms with E-state index in [-0.39, 0.29) is 11.4 Å². The Morgan fingerprint density at radius 1 is 1.00 bits per heavy atom. The Hall–Kier alpha value is -3.16. The number of hydrogen-bond donors (Lipinski definition) is 2. The number of benzene rings is 2. The minimum atomic E-state index is -0.852. The van der Waals surface area contributed by atoms with Gasteiger partial charge in [-0.25, -0.2) is 13.6 Å². The largest absolute Gasteiger partial charge is 0.495 e. The number of anilines is 2. The van der Waals surface area contributed by atoms with Gasteiger partial charge in [-0.2, -0.15) is 0 Å². The van der Waals surface area contributed by atoms with Crippen LogP contribution in [0.4, 0.5) is 25.0 Å². The second-order valence-electron chi connectivity index (χ2n) is 6.62. The molecule has 2 aromatic carbocycles. The van der Waals surface area contributed by atoms with Gasteiger partial charge in [-0.1, -0.05) is 0 Å². The SMILES string of the molecule is COc1ccc(NC(=O)c2cc(F)ccc2F)cc1NC(=O)OC(C)(C)C. The fourth-order valence-corrected chi connectivity index (χ4v) is 2.17. The quantitative estimate of drug-likeness (QED) is 0.817. The van der Waals surface area contributed by atoms with E-state index in [1.165, 1.54) is 25.3 Å². The molecule has 0 spiro atoms. The summed E-state index contributed by atoms with van der Waals surface area (Å²) in [7, 11) is 1.41. The van der Waals surface area contributed by atoms with Gasteiger partial charge in [0.1, 0.15) is 23.0 Å². The summed E-state index contributed by atoms with van der Waals surface area (Å²) >= 11 is 0. The van der Waals surface area contributed by atoms with Gasteiger partial charge in [0.2, 0.25) is 0 Å². The highest BCUT2D eigenvalue weighted by atomic mass is 19.1. The molecule has 0 aliphatic carbocycles. The molecule has 0 radical (unpaired) electrons. The van der Waals surface area contributed by atoms with Crippen LogP contribution in [-0.2, 0) is 4.74 Å². The summed E-state index contributed by atoms with van der Waals surface area (Å²) in [6.45, 7) is 5.15. The number of hydrogen-bond acceptors (Lipinski definition) is 4. The number of rotatable bonds is 4. The monoisotopic (exact) mass is 378 g/mol. The van der Waals surface area contributed by atoms with E-state index in [4.69, 9.17) is 9.47 Å². The van der Waals surface area contributed by atoms with E-state index < -0.39 is 34.8 Å². The Balaban J connectivity index is 2.22. The third-order valence-corrected chi connectivity index (χ3v) is 3.27. The van der Waals surface area contributed by atoms with Crippen molar-refractivity contribution in [1.82, 2.24) is 0 Å². The van der Waals surface area contributed by atoms with Crippen LogP contribution in [0.2, 0.25) is 0 Å². The maximum absolute atomic E-state index is 13.7. The van der Waals surface area contributed by atoms with Crippen LogP contribution in [0.3, 0.4) is 0 Å². The zero-order valence-corrected chi connectivity index (χ0v) is 15.4. The normalized spacial score (nSPS) is 10.9. The van der Waals surface area contributed by atoms with Crippen molar-refractivity contribution in [3.63, 3.8) is 0 Å². The van der Waals surface area contributed by atoms with Gasteiger partial charge in [0.05, 0.1) is 18.4 Å². The maximum Gasteiger partial charge on any atom is 0.412 e. The summed E-state index contributed by atoms with van der Waals surface area (Å²) in [6.07, 6.45) is -0.708. The average Bonchev–Trinajstić information content (AvgIpc) is 2.55. The average molecular weight is 378 g/mol. The molecule has 6 nitrogen and oxygen atoms in total. The van der Waals surface area contributed by atoms with Crippen molar-refractivity contribution < 1.29 is 27.8 Å². The molecule has 0 aromatic heterocycles. The van der Waals surface area contributed by atoms with Crippen molar-refractivity contribution in [3.8, 4) is 5.75 Å². The van der Waals surface area contributed by atoms with E-state index in [0.29, 0.717) is 5.75 Å². The molecule has 0 bridgehead atoms. The minimum absolute atomic E-state index is 0.240. The van der Waals surface area contributed by atoms with Crippen LogP contribution in [-0.4, -0.2) is 24.7 Å². The predicted molar refractivity (Wildman–Crippen MR) is 97.2 cm³/mol. The Kier molecular flexibility index (Phi) is 5.99. The molecule has 2 rings (SSSR count). The highest BCUT2D eigenvalue weighted by molar-refractivity contribution is 6.05. The maximum atomic E-state index is 13.7. The Morgan fingerprint density at radius 2 is 1.70 bits per heavy atom. The molecule has 144 valence electrons. The topological polar surface area (TPSA) is 76.7 Å². The summed E-state index contributed by atoms with van der Waals surface area (Å²) in [6, 6.07) is 7.00. The van der Waals surface area contributed by atoms with Crippen molar-refractivity contribution in [2.24, 2.45) is 0 Å². The van der Waals surface area contributed by atoms with Crippen LogP contribution in [0.5, 0.6) is 5.75 Å². The number of carbonyl (C=O) groups is 2. The number of nitrogens with one attached hydrogen (secondary N) is 2. The smallest absolute Gasteiger partial charge is 0.412 e. The molecule has 2 aromatic rings. The van der Waals surface area contributed by atoms with Crippen molar-refractivity contribution in [2.45, 2.75) is 26.4 Å². The van der Waals surface area contributed by atoms with E-state index >= 15 is 0 Å². The van der Waals surface area contributed by atoms with Gasteiger partial charge in [-0.15, -0.1) is 0 Å². The van der Waals surface area contributed by atoms with E-state index in [1.807, 2.05) is 0 Å². The summed E-state index contributed by atoms with van der Waals surface area (Å²) < 4.78 is 37.3. The van der Waals surface area contributed by atoms with Crippen molar-refractivity contribution in [2.75, 3.05) is 17.7 Å². The summed E-state index contributed by atoms with van der Waals surface area (Å²) in [5, 5.41) is 4.97. The van der Waals surface area contributed by atoms with E-state index in [9.17, 15) is 18.4 Å². The van der Waals surface area contributed by atoms with Gasteiger partial charge in [-0.05, 0) is 57.2 Å². The van der Waals surface area contributed by atoms with Crippen molar-refractivity contribution in [3.05, 3.63) is 53.6 Å². The number of carbonyl (C=O) groups excluding carboxylic acids is 2. The van der Waals surface area contributed by atoms with Gasteiger partial charge in [0.15, 0.2) is 0 Å². The molecule has 0 unspecified atom stereocenters. The van der Waals surface area contributed by atoms with Crippen LogP contribution in [0.1, 0.15) is 31.1 Å². The molecule has 0 saturated heterocycles. The first kappa shape index (κ1) is 20.2. The Bertz CT molecular complexity index is 863. The molecular weight excluding hydrogens is 358 g/mol. The molecule has 0 aliphatic heterocycles. The van der Waals surface area contributed by atoms with E-state index in [1.54, 1.807) is 20.8 Å². The number of ether oxygens (including phenoxy) is 2. The lowest BCUT2D eigenvalue weighted by molar-refractivity contribution is 0.0635. The molecule has 8 heteroatoms. The Labute approximate surface area is 155 Å². The highest BCUT2D eigenvalue weighted by Crippen LogP contribution is 2.29. The number of amides is 2. The molecular formula is C19H20F2N2O4. The van der Waals surface area contributed by atoms with Gasteiger partial charge in [-0.3, -0.25) is 10.1 Å². The van der Waals surface area contributed by atoms with Gasteiger partial charge in [0.25, 0.3) is 5.91 Å². The molecule has 27 heavy (non-hydrogen) atoms. The molecule has 0 fully saturated rings. The fourth-order valence-electron chi connectivity index (χ4n) is 2.17. The zero-order valence-electron chi connectivity index (χ0n) is 15.4. The standard InChI is InChI=1S/C19H20F2N2O4/c1-19(2,3)27-18(25)23-15-10-12(6-8-16(15)26-4)22-17(24)13-9-11(20)5-7-14(13)21/h5-10H,1-4H3,(H,22,24)(H,23,25). The van der Waals surface area contributed by atoms with Crippen LogP contribution >= 0.6 is 0 Å². The zero-order chi connectivity index (χ0) is 20.2. The third-order valence-electron chi connectivity index (χ3n) is 3.27. The highest BCUT2D eigenvalue weighted by Gasteiger charge is 2.18. The summed E-state index contributed by atoms with van der Waals surface area (Å²) in [5.41, 5.74) is -0.648. The fraction of sp³-hybridized carbons (Fsp3) is 0.263. The molecule has 2 N–H and O–H groups in total. The second-order valence-corrected chi connectivity index (χ2v) is 6.62. The number of halogens is 2.